The number of carbonyl (C=O) groups excluding carboxylic acids is 3. The zero-order valence-corrected chi connectivity index (χ0v) is 18.8. The molecule has 10 heteroatoms. The lowest BCUT2D eigenvalue weighted by Crippen LogP contribution is -2.51. The normalized spacial score (nSPS) is 18.3. The number of hydrogen-bond acceptors (Lipinski definition) is 9. The number of methoxy groups -OCH3 is 1. The van der Waals surface area contributed by atoms with E-state index in [0.717, 1.165) is 12.0 Å². The molecule has 178 valence electrons. The molecule has 0 saturated heterocycles. The molecule has 1 aromatic heterocycles. The summed E-state index contributed by atoms with van der Waals surface area (Å²) in [6, 6.07) is 13.1. The van der Waals surface area contributed by atoms with Gasteiger partial charge in [0.05, 0.1) is 19.1 Å². The highest BCUT2D eigenvalue weighted by atomic mass is 16.5. The van der Waals surface area contributed by atoms with Gasteiger partial charge >= 0.3 is 17.6 Å². The van der Waals surface area contributed by atoms with Crippen molar-refractivity contribution in [1.29, 1.82) is 0 Å². The van der Waals surface area contributed by atoms with Gasteiger partial charge in [0.2, 0.25) is 11.8 Å². The van der Waals surface area contributed by atoms with Gasteiger partial charge in [-0.3, -0.25) is 14.5 Å². The average molecular weight is 476 g/mol. The van der Waals surface area contributed by atoms with E-state index in [0.29, 0.717) is 11.1 Å². The van der Waals surface area contributed by atoms with Gasteiger partial charge in [0.25, 0.3) is 0 Å². The summed E-state index contributed by atoms with van der Waals surface area (Å²) in [6.07, 6.45) is 0. The molecular formula is C25H20N2O8. The third kappa shape index (κ3) is 2.96. The summed E-state index contributed by atoms with van der Waals surface area (Å²) < 4.78 is 21.3. The second kappa shape index (κ2) is 8.01. The number of amides is 1. The Balaban J connectivity index is 1.91. The quantitative estimate of drug-likeness (QED) is 0.440. The Labute approximate surface area is 198 Å². The lowest BCUT2D eigenvalue weighted by molar-refractivity contribution is -0.142. The maximum Gasteiger partial charge on any atom is 0.345 e. The number of anilines is 1. The number of hydrogen-bond donors (Lipinski definition) is 1. The van der Waals surface area contributed by atoms with Crippen molar-refractivity contribution in [3.63, 3.8) is 0 Å². The lowest BCUT2D eigenvalue weighted by Gasteiger charge is -2.35. The van der Waals surface area contributed by atoms with Crippen molar-refractivity contribution >= 4 is 34.5 Å². The summed E-state index contributed by atoms with van der Waals surface area (Å²) >= 11 is 0. The van der Waals surface area contributed by atoms with E-state index in [1.165, 1.54) is 0 Å². The van der Waals surface area contributed by atoms with Gasteiger partial charge < -0.3 is 24.4 Å². The van der Waals surface area contributed by atoms with Crippen LogP contribution >= 0.6 is 0 Å². The highest BCUT2D eigenvalue weighted by Gasteiger charge is 2.63. The highest BCUT2D eigenvalue weighted by Crippen LogP contribution is 2.55. The fraction of sp³-hybridized carbons (Fsp3) is 0.200. The number of ether oxygens (including phenoxy) is 3. The highest BCUT2D eigenvalue weighted by molar-refractivity contribution is 6.20. The number of benzene rings is 2. The molecule has 1 spiro atoms. The number of carbonyl (C=O) groups is 3. The molecule has 0 unspecified atom stereocenters. The summed E-state index contributed by atoms with van der Waals surface area (Å²) in [7, 11) is 1.12. The van der Waals surface area contributed by atoms with E-state index >= 15 is 0 Å². The van der Waals surface area contributed by atoms with Crippen LogP contribution < -0.4 is 21.0 Å². The summed E-state index contributed by atoms with van der Waals surface area (Å²) in [5.41, 5.74) is 3.44. The average Bonchev–Trinajstić information content (AvgIpc) is 3.07. The molecule has 35 heavy (non-hydrogen) atoms. The van der Waals surface area contributed by atoms with Gasteiger partial charge in [0.1, 0.15) is 28.7 Å². The van der Waals surface area contributed by atoms with Crippen LogP contribution in [0.15, 0.2) is 69.2 Å². The van der Waals surface area contributed by atoms with E-state index in [1.54, 1.807) is 55.5 Å². The minimum atomic E-state index is -2.07. The fourth-order valence-electron chi connectivity index (χ4n) is 4.81. The van der Waals surface area contributed by atoms with Gasteiger partial charge in [-0.25, -0.2) is 9.59 Å². The van der Waals surface area contributed by atoms with Crippen molar-refractivity contribution in [2.75, 3.05) is 25.2 Å². The molecule has 0 radical (unpaired) electrons. The largest absolute Gasteiger partial charge is 0.465 e. The second-order valence-corrected chi connectivity index (χ2v) is 7.89. The van der Waals surface area contributed by atoms with Crippen LogP contribution in [0.25, 0.3) is 11.0 Å². The summed E-state index contributed by atoms with van der Waals surface area (Å²) in [6.45, 7) is 1.30. The molecule has 1 amide bonds. The Morgan fingerprint density at radius 3 is 2.54 bits per heavy atom. The maximum atomic E-state index is 14.3. The molecule has 1 atom stereocenters. The minimum Gasteiger partial charge on any atom is -0.465 e. The van der Waals surface area contributed by atoms with Gasteiger partial charge in [-0.15, -0.1) is 0 Å². The molecule has 3 heterocycles. The smallest absolute Gasteiger partial charge is 0.345 e. The van der Waals surface area contributed by atoms with E-state index in [1.807, 2.05) is 0 Å². The van der Waals surface area contributed by atoms with Crippen LogP contribution in [0.5, 0.6) is 5.75 Å². The van der Waals surface area contributed by atoms with Crippen molar-refractivity contribution in [1.82, 2.24) is 0 Å². The topological polar surface area (TPSA) is 138 Å². The molecule has 0 aliphatic carbocycles. The van der Waals surface area contributed by atoms with E-state index in [2.05, 4.69) is 0 Å². The molecule has 10 nitrogen and oxygen atoms in total. The Kier molecular flexibility index (Phi) is 5.08. The van der Waals surface area contributed by atoms with Gasteiger partial charge in [-0.2, -0.15) is 0 Å². The van der Waals surface area contributed by atoms with Crippen LogP contribution in [0.1, 0.15) is 18.1 Å². The molecule has 0 fully saturated rings. The predicted molar refractivity (Wildman–Crippen MR) is 123 cm³/mol. The van der Waals surface area contributed by atoms with Crippen LogP contribution in [-0.2, 0) is 29.3 Å². The first kappa shape index (κ1) is 22.2. The van der Waals surface area contributed by atoms with Gasteiger partial charge in [-0.05, 0) is 25.1 Å². The number of nitrogens with zero attached hydrogens (tertiary/aromatic N) is 1. The van der Waals surface area contributed by atoms with Crippen LogP contribution in [0, 0.1) is 0 Å². The Morgan fingerprint density at radius 1 is 1.09 bits per heavy atom. The first-order valence-corrected chi connectivity index (χ1v) is 10.8. The second-order valence-electron chi connectivity index (χ2n) is 7.89. The van der Waals surface area contributed by atoms with Gasteiger partial charge in [-0.1, -0.05) is 30.3 Å². The molecule has 2 N–H and O–H groups in total. The Bertz CT molecular complexity index is 1500. The van der Waals surface area contributed by atoms with Crippen molar-refractivity contribution in [3.8, 4) is 5.75 Å². The van der Waals surface area contributed by atoms with Crippen molar-refractivity contribution < 1.29 is 33.0 Å². The number of para-hydroxylation sites is 2. The minimum absolute atomic E-state index is 0.0110. The van der Waals surface area contributed by atoms with E-state index < -0.39 is 41.3 Å². The zero-order chi connectivity index (χ0) is 24.9. The van der Waals surface area contributed by atoms with Crippen LogP contribution in [0.4, 0.5) is 5.69 Å². The van der Waals surface area contributed by atoms with E-state index in [-0.39, 0.29) is 34.6 Å². The number of nitrogens with two attached hydrogens (primary N) is 1. The zero-order valence-electron chi connectivity index (χ0n) is 18.8. The molecule has 2 aliphatic heterocycles. The third-order valence-corrected chi connectivity index (χ3v) is 6.12. The standard InChI is InChI=1S/C25H20N2O8/c1-3-33-17(28)12-27-15-10-6-5-9-14(15)25(24(27)31)18-20(35-21(26)19(25)22(29)32-2)13-8-4-7-11-16(13)34-23(18)30/h4-11H,3,12,26H2,1-2H3/t25-/m0/s1. The van der Waals surface area contributed by atoms with E-state index in [9.17, 15) is 19.2 Å². The predicted octanol–water partition coefficient (Wildman–Crippen LogP) is 1.72. The monoisotopic (exact) mass is 476 g/mol. The molecule has 0 saturated carbocycles. The summed E-state index contributed by atoms with van der Waals surface area (Å²) in [4.78, 5) is 54.4. The van der Waals surface area contributed by atoms with Crippen LogP contribution in [0.2, 0.25) is 0 Å². The van der Waals surface area contributed by atoms with Crippen molar-refractivity contribution in [3.05, 3.63) is 81.5 Å². The van der Waals surface area contributed by atoms with Crippen LogP contribution in [-0.4, -0.2) is 38.1 Å². The van der Waals surface area contributed by atoms with E-state index in [4.69, 9.17) is 24.4 Å². The SMILES string of the molecule is CCOC(=O)CN1C(=O)[C@@]2(C(C(=O)OC)=C(N)Oc3c2c(=O)oc2ccccc32)c2ccccc21. The lowest BCUT2D eigenvalue weighted by atomic mass is 9.68. The first-order valence-electron chi connectivity index (χ1n) is 10.8. The molecular weight excluding hydrogens is 456 g/mol. The van der Waals surface area contributed by atoms with Gasteiger partial charge in [0, 0.05) is 11.3 Å². The molecule has 0 bridgehead atoms. The fourth-order valence-corrected chi connectivity index (χ4v) is 4.81. The van der Waals surface area contributed by atoms with Crippen molar-refractivity contribution in [2.45, 2.75) is 12.3 Å². The Hall–Kier alpha value is -4.60. The number of fused-ring (bicyclic) bond motifs is 6. The first-order chi connectivity index (χ1) is 16.9. The maximum absolute atomic E-state index is 14.3. The van der Waals surface area contributed by atoms with Crippen molar-refractivity contribution in [2.24, 2.45) is 5.73 Å². The Morgan fingerprint density at radius 2 is 1.80 bits per heavy atom. The van der Waals surface area contributed by atoms with Crippen LogP contribution in [0.3, 0.4) is 0 Å². The summed E-state index contributed by atoms with van der Waals surface area (Å²) in [5.74, 6) is -2.81. The molecule has 2 aliphatic rings. The molecule has 3 aromatic rings. The third-order valence-electron chi connectivity index (χ3n) is 6.12. The molecule has 2 aromatic carbocycles. The van der Waals surface area contributed by atoms with Gasteiger partial charge in [0.15, 0.2) is 5.75 Å². The number of rotatable bonds is 4. The molecule has 5 rings (SSSR count). The number of esters is 2. The summed E-state index contributed by atoms with van der Waals surface area (Å²) in [5, 5.41) is 0.377.